The highest BCUT2D eigenvalue weighted by molar-refractivity contribution is 6.21. The minimum atomic E-state index is -0.271. The molecule has 0 aromatic heterocycles. The number of nitrogens with zero attached hydrogens (tertiary/aromatic N) is 1. The van der Waals surface area contributed by atoms with Crippen LogP contribution in [0.3, 0.4) is 0 Å². The van der Waals surface area contributed by atoms with Crippen molar-refractivity contribution in [2.75, 3.05) is 6.54 Å². The van der Waals surface area contributed by atoms with Crippen LogP contribution in [0.25, 0.3) is 0 Å². The van der Waals surface area contributed by atoms with E-state index in [0.29, 0.717) is 11.1 Å². The Balaban J connectivity index is 2.48. The topological polar surface area (TPSA) is 37.4 Å². The molecule has 1 aliphatic heterocycles. The van der Waals surface area contributed by atoms with E-state index in [-0.39, 0.29) is 18.4 Å². The van der Waals surface area contributed by atoms with Gasteiger partial charge in [0.05, 0.1) is 11.1 Å². The van der Waals surface area contributed by atoms with Crippen LogP contribution >= 0.6 is 0 Å². The second kappa shape index (κ2) is 3.10. The van der Waals surface area contributed by atoms with Gasteiger partial charge in [0.15, 0.2) is 0 Å². The molecule has 1 aliphatic rings. The second-order valence-corrected chi connectivity index (χ2v) is 3.00. The van der Waals surface area contributed by atoms with Gasteiger partial charge in [-0.15, -0.1) is 0 Å². The predicted octanol–water partition coefficient (Wildman–Crippen LogP) is 1.27. The van der Waals surface area contributed by atoms with Gasteiger partial charge in [-0.3, -0.25) is 14.5 Å². The van der Waals surface area contributed by atoms with Gasteiger partial charge in [-0.25, -0.2) is 0 Å². The van der Waals surface area contributed by atoms with Crippen LogP contribution in [0.2, 0.25) is 0 Å². The van der Waals surface area contributed by atoms with Gasteiger partial charge in [-0.1, -0.05) is 24.8 Å². The average Bonchev–Trinajstić information content (AvgIpc) is 2.45. The SMILES string of the molecule is [CH]=CCN1C(=O)c2ccccc2C1=O. The van der Waals surface area contributed by atoms with Gasteiger partial charge in [-0.2, -0.15) is 0 Å². The monoisotopic (exact) mass is 186 g/mol. The molecule has 0 saturated carbocycles. The Labute approximate surface area is 81.6 Å². The largest absolute Gasteiger partial charge is 0.270 e. The molecule has 1 aromatic rings. The number of benzene rings is 1. The fraction of sp³-hybridized carbons (Fsp3) is 0.0909. The summed E-state index contributed by atoms with van der Waals surface area (Å²) in [6.07, 6.45) is 1.29. The molecule has 0 N–H and O–H groups in total. The number of carbonyl (C=O) groups excluding carboxylic acids is 2. The summed E-state index contributed by atoms with van der Waals surface area (Å²) in [5, 5.41) is 0. The smallest absolute Gasteiger partial charge is 0.261 e. The van der Waals surface area contributed by atoms with Gasteiger partial charge >= 0.3 is 0 Å². The van der Waals surface area contributed by atoms with E-state index in [1.807, 2.05) is 0 Å². The maximum absolute atomic E-state index is 11.6. The van der Waals surface area contributed by atoms with E-state index in [1.54, 1.807) is 24.3 Å². The van der Waals surface area contributed by atoms with Gasteiger partial charge in [0.1, 0.15) is 0 Å². The summed E-state index contributed by atoms with van der Waals surface area (Å²) in [7, 11) is 0. The maximum Gasteiger partial charge on any atom is 0.261 e. The van der Waals surface area contributed by atoms with E-state index in [4.69, 9.17) is 6.58 Å². The van der Waals surface area contributed by atoms with Crippen LogP contribution in [0, 0.1) is 6.58 Å². The van der Waals surface area contributed by atoms with Crippen molar-refractivity contribution >= 4 is 11.8 Å². The van der Waals surface area contributed by atoms with Crippen molar-refractivity contribution < 1.29 is 9.59 Å². The lowest BCUT2D eigenvalue weighted by atomic mass is 10.1. The number of fused-ring (bicyclic) bond motifs is 1. The first kappa shape index (κ1) is 8.69. The average molecular weight is 186 g/mol. The Bertz CT molecular complexity index is 388. The minimum Gasteiger partial charge on any atom is -0.270 e. The second-order valence-electron chi connectivity index (χ2n) is 3.00. The summed E-state index contributed by atoms with van der Waals surface area (Å²) in [6.45, 7) is 5.36. The van der Waals surface area contributed by atoms with E-state index in [1.165, 1.54) is 6.08 Å². The normalized spacial score (nSPS) is 14.4. The van der Waals surface area contributed by atoms with E-state index < -0.39 is 0 Å². The Morgan fingerprint density at radius 3 is 2.07 bits per heavy atom. The van der Waals surface area contributed by atoms with Gasteiger partial charge in [0.2, 0.25) is 0 Å². The van der Waals surface area contributed by atoms with Gasteiger partial charge < -0.3 is 0 Å². The molecule has 0 atom stereocenters. The van der Waals surface area contributed by atoms with Crippen molar-refractivity contribution in [1.82, 2.24) is 4.90 Å². The van der Waals surface area contributed by atoms with Crippen molar-refractivity contribution in [3.63, 3.8) is 0 Å². The molecule has 1 radical (unpaired) electrons. The minimum absolute atomic E-state index is 0.159. The zero-order valence-corrected chi connectivity index (χ0v) is 7.43. The zero-order valence-electron chi connectivity index (χ0n) is 7.43. The fourth-order valence-electron chi connectivity index (χ4n) is 1.51. The van der Waals surface area contributed by atoms with Crippen LogP contribution in [0.4, 0.5) is 0 Å². The summed E-state index contributed by atoms with van der Waals surface area (Å²) in [5.41, 5.74) is 0.915. The number of amides is 2. The molecule has 1 heterocycles. The summed E-state index contributed by atoms with van der Waals surface area (Å²) in [4.78, 5) is 24.4. The first-order valence-corrected chi connectivity index (χ1v) is 4.24. The summed E-state index contributed by atoms with van der Waals surface area (Å²) in [5.74, 6) is -0.542. The number of imide groups is 1. The van der Waals surface area contributed by atoms with Crippen molar-refractivity contribution in [2.45, 2.75) is 0 Å². The van der Waals surface area contributed by atoms with Gasteiger partial charge in [-0.05, 0) is 12.1 Å². The molecule has 2 rings (SSSR count). The summed E-state index contributed by atoms with van der Waals surface area (Å²) < 4.78 is 0. The molecule has 0 bridgehead atoms. The Hall–Kier alpha value is -1.90. The molecule has 14 heavy (non-hydrogen) atoms. The van der Waals surface area contributed by atoms with Crippen molar-refractivity contribution in [3.05, 3.63) is 48.0 Å². The van der Waals surface area contributed by atoms with Crippen LogP contribution in [-0.2, 0) is 0 Å². The molecule has 3 nitrogen and oxygen atoms in total. The molecule has 2 amide bonds. The molecule has 3 heteroatoms. The molecule has 0 unspecified atom stereocenters. The molecule has 1 aromatic carbocycles. The summed E-state index contributed by atoms with van der Waals surface area (Å²) in [6, 6.07) is 6.76. The summed E-state index contributed by atoms with van der Waals surface area (Å²) >= 11 is 0. The fourth-order valence-corrected chi connectivity index (χ4v) is 1.51. The molecular weight excluding hydrogens is 178 g/mol. The van der Waals surface area contributed by atoms with E-state index in [0.717, 1.165) is 4.90 Å². The van der Waals surface area contributed by atoms with Crippen LogP contribution < -0.4 is 0 Å². The highest BCUT2D eigenvalue weighted by atomic mass is 16.2. The predicted molar refractivity (Wildman–Crippen MR) is 50.7 cm³/mol. The Morgan fingerprint density at radius 1 is 1.14 bits per heavy atom. The number of rotatable bonds is 2. The molecule has 69 valence electrons. The van der Waals surface area contributed by atoms with E-state index >= 15 is 0 Å². The first-order valence-electron chi connectivity index (χ1n) is 4.24. The Kier molecular flexibility index (Phi) is 1.93. The molecule has 0 fully saturated rings. The van der Waals surface area contributed by atoms with Crippen LogP contribution in [0.1, 0.15) is 20.7 Å². The third-order valence-electron chi connectivity index (χ3n) is 2.17. The van der Waals surface area contributed by atoms with Gasteiger partial charge in [0, 0.05) is 6.54 Å². The standard InChI is InChI=1S/C11H8NO2/c1-2-7-12-10(13)8-5-3-4-6-9(8)11(12)14/h1-6H,7H2. The van der Waals surface area contributed by atoms with Crippen LogP contribution in [0.5, 0.6) is 0 Å². The molecule has 0 saturated heterocycles. The van der Waals surface area contributed by atoms with Gasteiger partial charge in [0.25, 0.3) is 11.8 Å². The maximum atomic E-state index is 11.6. The number of hydrogen-bond acceptors (Lipinski definition) is 2. The van der Waals surface area contributed by atoms with Crippen LogP contribution in [0.15, 0.2) is 30.3 Å². The highest BCUT2D eigenvalue weighted by Gasteiger charge is 2.33. The van der Waals surface area contributed by atoms with Crippen molar-refractivity contribution in [3.8, 4) is 0 Å². The van der Waals surface area contributed by atoms with E-state index in [2.05, 4.69) is 0 Å². The molecular formula is C11H8NO2. The number of carbonyl (C=O) groups is 2. The lowest BCUT2D eigenvalue weighted by Gasteiger charge is -2.09. The molecule has 0 spiro atoms. The van der Waals surface area contributed by atoms with E-state index in [9.17, 15) is 9.59 Å². The van der Waals surface area contributed by atoms with Crippen molar-refractivity contribution in [2.24, 2.45) is 0 Å². The molecule has 0 aliphatic carbocycles. The third-order valence-corrected chi connectivity index (χ3v) is 2.17. The number of hydrogen-bond donors (Lipinski definition) is 0. The Morgan fingerprint density at radius 2 is 1.64 bits per heavy atom. The lowest BCUT2D eigenvalue weighted by Crippen LogP contribution is -2.29. The van der Waals surface area contributed by atoms with Crippen molar-refractivity contribution in [1.29, 1.82) is 0 Å². The lowest BCUT2D eigenvalue weighted by molar-refractivity contribution is 0.0672. The quantitative estimate of drug-likeness (QED) is 0.652. The zero-order chi connectivity index (χ0) is 10.1. The van der Waals surface area contributed by atoms with Crippen LogP contribution in [-0.4, -0.2) is 23.3 Å². The third kappa shape index (κ3) is 1.06. The first-order chi connectivity index (χ1) is 6.75. The highest BCUT2D eigenvalue weighted by Crippen LogP contribution is 2.21.